The highest BCUT2D eigenvalue weighted by molar-refractivity contribution is 7.12. The minimum atomic E-state index is 0.0200. The Morgan fingerprint density at radius 1 is 1.48 bits per heavy atom. The lowest BCUT2D eigenvalue weighted by Crippen LogP contribution is -2.45. The number of aromatic nitrogens is 2. The zero-order valence-electron chi connectivity index (χ0n) is 13.9. The SMILES string of the molecule is Cc1cc(C(C)NC(=O)N2CCCCC2c2cn[nH]c2)c(C)s1. The highest BCUT2D eigenvalue weighted by Crippen LogP contribution is 2.31. The average Bonchev–Trinajstić information content (AvgIpc) is 3.16. The average molecular weight is 332 g/mol. The molecule has 3 rings (SSSR count). The summed E-state index contributed by atoms with van der Waals surface area (Å²) in [4.78, 5) is 17.3. The minimum absolute atomic E-state index is 0.0200. The second-order valence-corrected chi connectivity index (χ2v) is 7.74. The maximum absolute atomic E-state index is 12.8. The number of H-pyrrole nitrogens is 1. The molecular formula is C17H24N4OS. The second-order valence-electron chi connectivity index (χ2n) is 6.28. The molecule has 1 fully saturated rings. The van der Waals surface area contributed by atoms with E-state index < -0.39 is 0 Å². The normalized spacial score (nSPS) is 19.6. The van der Waals surface area contributed by atoms with Crippen molar-refractivity contribution in [3.63, 3.8) is 0 Å². The first kappa shape index (κ1) is 16.1. The number of piperidine rings is 1. The zero-order chi connectivity index (χ0) is 16.4. The number of carbonyl (C=O) groups is 1. The van der Waals surface area contributed by atoms with Gasteiger partial charge in [0.05, 0.1) is 18.3 Å². The zero-order valence-corrected chi connectivity index (χ0v) is 14.7. The van der Waals surface area contributed by atoms with Gasteiger partial charge in [-0.05, 0) is 51.7 Å². The number of likely N-dealkylation sites (tertiary alicyclic amines) is 1. The van der Waals surface area contributed by atoms with Crippen molar-refractivity contribution in [2.75, 3.05) is 6.54 Å². The predicted molar refractivity (Wildman–Crippen MR) is 92.6 cm³/mol. The van der Waals surface area contributed by atoms with E-state index in [9.17, 15) is 4.79 Å². The molecule has 0 saturated carbocycles. The quantitative estimate of drug-likeness (QED) is 0.889. The number of hydrogen-bond acceptors (Lipinski definition) is 3. The molecule has 1 aliphatic rings. The molecule has 2 unspecified atom stereocenters. The molecule has 3 heterocycles. The molecule has 0 spiro atoms. The van der Waals surface area contributed by atoms with Crippen molar-refractivity contribution in [1.82, 2.24) is 20.4 Å². The van der Waals surface area contributed by atoms with E-state index >= 15 is 0 Å². The number of thiophene rings is 1. The summed E-state index contributed by atoms with van der Waals surface area (Å²) < 4.78 is 0. The van der Waals surface area contributed by atoms with Crippen LogP contribution in [0.2, 0.25) is 0 Å². The van der Waals surface area contributed by atoms with Crippen LogP contribution in [0.1, 0.15) is 59.2 Å². The third-order valence-electron chi connectivity index (χ3n) is 4.55. The number of nitrogens with zero attached hydrogens (tertiary/aromatic N) is 2. The van der Waals surface area contributed by atoms with Gasteiger partial charge in [0, 0.05) is 28.1 Å². The van der Waals surface area contributed by atoms with Crippen LogP contribution in [0.25, 0.3) is 0 Å². The number of aromatic amines is 1. The number of rotatable bonds is 3. The Hall–Kier alpha value is -1.82. The summed E-state index contributed by atoms with van der Waals surface area (Å²) in [6.45, 7) is 7.08. The smallest absolute Gasteiger partial charge is 0.318 e. The van der Waals surface area contributed by atoms with Crippen molar-refractivity contribution >= 4 is 17.4 Å². The highest BCUT2D eigenvalue weighted by Gasteiger charge is 2.29. The monoisotopic (exact) mass is 332 g/mol. The topological polar surface area (TPSA) is 61.0 Å². The van der Waals surface area contributed by atoms with Crippen molar-refractivity contribution in [2.45, 2.75) is 52.1 Å². The van der Waals surface area contributed by atoms with Gasteiger partial charge in [-0.3, -0.25) is 5.10 Å². The Kier molecular flexibility index (Phi) is 4.71. The number of nitrogens with one attached hydrogen (secondary N) is 2. The van der Waals surface area contributed by atoms with Crippen LogP contribution in [0, 0.1) is 13.8 Å². The molecule has 0 radical (unpaired) electrons. The Labute approximate surface area is 141 Å². The number of urea groups is 1. The van der Waals surface area contributed by atoms with Gasteiger partial charge in [0.25, 0.3) is 0 Å². The number of amides is 2. The maximum Gasteiger partial charge on any atom is 0.318 e. The molecule has 2 aromatic heterocycles. The lowest BCUT2D eigenvalue weighted by molar-refractivity contribution is 0.149. The van der Waals surface area contributed by atoms with Crippen LogP contribution in [-0.2, 0) is 0 Å². The molecule has 0 aliphatic carbocycles. The van der Waals surface area contributed by atoms with Crippen molar-refractivity contribution in [3.8, 4) is 0 Å². The van der Waals surface area contributed by atoms with E-state index in [2.05, 4.69) is 42.4 Å². The third kappa shape index (κ3) is 3.42. The fraction of sp³-hybridized carbons (Fsp3) is 0.529. The highest BCUT2D eigenvalue weighted by atomic mass is 32.1. The van der Waals surface area contributed by atoms with Gasteiger partial charge >= 0.3 is 6.03 Å². The van der Waals surface area contributed by atoms with E-state index in [0.29, 0.717) is 0 Å². The summed E-state index contributed by atoms with van der Waals surface area (Å²) in [5.41, 5.74) is 2.31. The van der Waals surface area contributed by atoms with Crippen LogP contribution < -0.4 is 5.32 Å². The Morgan fingerprint density at radius 3 is 2.96 bits per heavy atom. The molecule has 124 valence electrons. The molecule has 2 aromatic rings. The molecule has 0 bridgehead atoms. The standard InChI is InChI=1S/C17H24N4OS/c1-11-8-15(13(3)23-11)12(2)20-17(22)21-7-5-4-6-16(21)14-9-18-19-10-14/h8-10,12,16H,4-7H2,1-3H3,(H,18,19)(H,20,22). The van der Waals surface area contributed by atoms with Gasteiger partial charge in [-0.25, -0.2) is 4.79 Å². The third-order valence-corrected chi connectivity index (χ3v) is 5.54. The van der Waals surface area contributed by atoms with E-state index in [1.165, 1.54) is 15.3 Å². The van der Waals surface area contributed by atoms with Gasteiger partial charge in [-0.2, -0.15) is 5.10 Å². The predicted octanol–water partition coefficient (Wildman–Crippen LogP) is 4.09. The number of aryl methyl sites for hydroxylation is 2. The molecule has 1 saturated heterocycles. The van der Waals surface area contributed by atoms with Crippen molar-refractivity contribution in [2.24, 2.45) is 0 Å². The van der Waals surface area contributed by atoms with Crippen LogP contribution in [0.4, 0.5) is 4.79 Å². The maximum atomic E-state index is 12.8. The first-order valence-corrected chi connectivity index (χ1v) is 9.00. The minimum Gasteiger partial charge on any atom is -0.331 e. The van der Waals surface area contributed by atoms with Crippen LogP contribution in [0.5, 0.6) is 0 Å². The van der Waals surface area contributed by atoms with Crippen LogP contribution in [0.15, 0.2) is 18.5 Å². The Balaban J connectivity index is 1.72. The summed E-state index contributed by atoms with van der Waals surface area (Å²) >= 11 is 1.78. The molecule has 5 nitrogen and oxygen atoms in total. The van der Waals surface area contributed by atoms with Crippen LogP contribution >= 0.6 is 11.3 Å². The summed E-state index contributed by atoms with van der Waals surface area (Å²) in [5, 5.41) is 10.1. The molecular weight excluding hydrogens is 308 g/mol. The number of carbonyl (C=O) groups excluding carboxylic acids is 1. The summed E-state index contributed by atoms with van der Waals surface area (Å²) in [5.74, 6) is 0. The molecule has 1 aliphatic heterocycles. The van der Waals surface area contributed by atoms with E-state index in [4.69, 9.17) is 0 Å². The largest absolute Gasteiger partial charge is 0.331 e. The van der Waals surface area contributed by atoms with Crippen LogP contribution in [-0.4, -0.2) is 27.7 Å². The van der Waals surface area contributed by atoms with Crippen molar-refractivity contribution in [1.29, 1.82) is 0 Å². The van der Waals surface area contributed by atoms with Gasteiger partial charge in [0.15, 0.2) is 0 Å². The van der Waals surface area contributed by atoms with Gasteiger partial charge in [0.1, 0.15) is 0 Å². The second kappa shape index (κ2) is 6.74. The fourth-order valence-electron chi connectivity index (χ4n) is 3.39. The summed E-state index contributed by atoms with van der Waals surface area (Å²) in [7, 11) is 0. The molecule has 23 heavy (non-hydrogen) atoms. The molecule has 0 aromatic carbocycles. The Bertz CT molecular complexity index is 664. The fourth-order valence-corrected chi connectivity index (χ4v) is 4.41. The molecule has 2 atom stereocenters. The van der Waals surface area contributed by atoms with Gasteiger partial charge < -0.3 is 10.2 Å². The molecule has 2 N–H and O–H groups in total. The van der Waals surface area contributed by atoms with Crippen molar-refractivity contribution in [3.05, 3.63) is 39.3 Å². The first-order chi connectivity index (χ1) is 11.1. The van der Waals surface area contributed by atoms with Crippen LogP contribution in [0.3, 0.4) is 0 Å². The molecule has 2 amide bonds. The summed E-state index contributed by atoms with van der Waals surface area (Å²) in [6, 6.07) is 2.35. The van der Waals surface area contributed by atoms with Gasteiger partial charge in [-0.1, -0.05) is 0 Å². The lowest BCUT2D eigenvalue weighted by Gasteiger charge is -2.36. The lowest BCUT2D eigenvalue weighted by atomic mass is 9.98. The van der Waals surface area contributed by atoms with Crippen molar-refractivity contribution < 1.29 is 4.79 Å². The number of hydrogen-bond donors (Lipinski definition) is 2. The van der Waals surface area contributed by atoms with E-state index in [1.54, 1.807) is 11.3 Å². The molecule has 6 heteroatoms. The van der Waals surface area contributed by atoms with Gasteiger partial charge in [0.2, 0.25) is 0 Å². The van der Waals surface area contributed by atoms with E-state index in [0.717, 1.165) is 31.4 Å². The summed E-state index contributed by atoms with van der Waals surface area (Å²) in [6.07, 6.45) is 6.93. The Morgan fingerprint density at radius 2 is 2.30 bits per heavy atom. The van der Waals surface area contributed by atoms with E-state index in [-0.39, 0.29) is 18.1 Å². The first-order valence-electron chi connectivity index (χ1n) is 8.19. The van der Waals surface area contributed by atoms with E-state index in [1.807, 2.05) is 17.3 Å². The van der Waals surface area contributed by atoms with Gasteiger partial charge in [-0.15, -0.1) is 11.3 Å².